The summed E-state index contributed by atoms with van der Waals surface area (Å²) >= 11 is 0. The van der Waals surface area contributed by atoms with Gasteiger partial charge in [0.1, 0.15) is 0 Å². The van der Waals surface area contributed by atoms with Crippen molar-refractivity contribution in [2.24, 2.45) is 0 Å². The van der Waals surface area contributed by atoms with Crippen LogP contribution in [-0.4, -0.2) is 7.18 Å². The Bertz CT molecular complexity index is 192. The first-order valence-electron chi connectivity index (χ1n) is 1.32. The van der Waals surface area contributed by atoms with Crippen LogP contribution in [0, 0.1) is 0 Å². The number of hydrogen-bond acceptors (Lipinski definition) is 0. The molecule has 2 rings (SSSR count). The summed E-state index contributed by atoms with van der Waals surface area (Å²) in [5.74, 6) is 0. The molecular formula is HBP4. The molecule has 5 heavy (non-hydrogen) atoms. The van der Waals surface area contributed by atoms with E-state index >= 15 is 0 Å². The topological polar surface area (TPSA) is 0 Å². The molecule has 2 aliphatic heterocycles. The van der Waals surface area contributed by atoms with Gasteiger partial charge in [-0.25, -0.2) is 0 Å². The third kappa shape index (κ3) is 0.347. The summed E-state index contributed by atoms with van der Waals surface area (Å²) in [7, 11) is 5.85. The van der Waals surface area contributed by atoms with E-state index in [1.165, 1.54) is 0 Å². The van der Waals surface area contributed by atoms with Crippen molar-refractivity contribution >= 4 is 34.3 Å². The van der Waals surface area contributed by atoms with Gasteiger partial charge in [-0.15, -0.1) is 0 Å². The van der Waals surface area contributed by atoms with Crippen molar-refractivity contribution in [2.45, 2.75) is 0 Å². The fourth-order valence-electron chi connectivity index (χ4n) is 0.253. The third-order valence-corrected chi connectivity index (χ3v) is 31.1. The van der Waals surface area contributed by atoms with Crippen LogP contribution in [0.2, 0.25) is 0 Å². The van der Waals surface area contributed by atoms with E-state index in [4.69, 9.17) is 0 Å². The predicted octanol–water partition coefficient (Wildman–Crippen LogP) is 2.80. The van der Waals surface area contributed by atoms with Crippen LogP contribution in [0.5, 0.6) is 0 Å². The molecule has 3 unspecified atom stereocenters. The Morgan fingerprint density at radius 2 is 2.00 bits per heavy atom. The molecule has 0 nitrogen and oxygen atoms in total. The number of rotatable bonds is 0. The van der Waals surface area contributed by atoms with Crippen molar-refractivity contribution in [1.29, 1.82) is 0 Å². The molecule has 0 N–H and O–H groups in total. The fraction of sp³-hybridized carbons (Fsp3) is 0. The molecule has 2 aliphatic rings. The summed E-state index contributed by atoms with van der Waals surface area (Å²) < 4.78 is 0. The fourth-order valence-corrected chi connectivity index (χ4v) is 32.1. The van der Waals surface area contributed by atoms with Gasteiger partial charge in [0.05, 0.1) is 0 Å². The van der Waals surface area contributed by atoms with E-state index in [1.54, 1.807) is 0 Å². The molecule has 0 bridgehead atoms. The Labute approximate surface area is 35.0 Å². The van der Waals surface area contributed by atoms with Gasteiger partial charge >= 0.3 is 34.3 Å². The van der Waals surface area contributed by atoms with Crippen LogP contribution >= 0.6 is 27.1 Å². The van der Waals surface area contributed by atoms with Crippen LogP contribution in [-0.2, 0) is 0 Å². The SMILES string of the molecule is B=P1=P2=PP12. The van der Waals surface area contributed by atoms with E-state index in [-0.39, 0.29) is 0 Å². The maximum atomic E-state index is 4.00. The third-order valence-electron chi connectivity index (χ3n) is 0.672. The monoisotopic (exact) mass is 136 g/mol. The van der Waals surface area contributed by atoms with Crippen molar-refractivity contribution in [3.63, 3.8) is 0 Å². The summed E-state index contributed by atoms with van der Waals surface area (Å²) in [6, 6.07) is 0. The van der Waals surface area contributed by atoms with E-state index in [9.17, 15) is 0 Å². The number of hydrogen-bond donors (Lipinski definition) is 0. The molecular weight excluding hydrogens is 135 g/mol. The molecule has 0 saturated carbocycles. The Morgan fingerprint density at radius 1 is 1.60 bits per heavy atom. The molecule has 0 fully saturated rings. The summed E-state index contributed by atoms with van der Waals surface area (Å²) in [5.41, 5.74) is 0. The Balaban J connectivity index is 3.35. The van der Waals surface area contributed by atoms with E-state index in [0.717, 1.165) is 13.2 Å². The zero-order chi connectivity index (χ0) is 3.44. The Hall–Kier alpha value is 1.39. The molecule has 5 heteroatoms. The van der Waals surface area contributed by atoms with Crippen LogP contribution in [0.3, 0.4) is 0 Å². The van der Waals surface area contributed by atoms with Gasteiger partial charge in [0.15, 0.2) is 0 Å². The predicted molar refractivity (Wildman–Crippen MR) is 34.8 cm³/mol. The van der Waals surface area contributed by atoms with Crippen molar-refractivity contribution in [2.75, 3.05) is 0 Å². The summed E-state index contributed by atoms with van der Waals surface area (Å²) in [4.78, 5) is 0. The summed E-state index contributed by atoms with van der Waals surface area (Å²) in [6.45, 7) is 0.726. The summed E-state index contributed by atoms with van der Waals surface area (Å²) in [5, 5.41) is 0. The normalized spacial score (nSPS) is 57.0. The molecule has 0 aromatic carbocycles. The first-order valence-corrected chi connectivity index (χ1v) is 9.95. The molecule has 0 amide bonds. The molecule has 24 valence electrons. The van der Waals surface area contributed by atoms with Gasteiger partial charge in [-0.05, 0) is 0 Å². The molecule has 0 aromatic rings. The van der Waals surface area contributed by atoms with Crippen LogP contribution in [0.25, 0.3) is 0 Å². The second kappa shape index (κ2) is 0.803. The zero-order valence-electron chi connectivity index (χ0n) is 2.50. The van der Waals surface area contributed by atoms with Crippen molar-refractivity contribution in [1.82, 2.24) is 0 Å². The molecule has 3 atom stereocenters. The molecule has 0 spiro atoms. The minimum absolute atomic E-state index is 0.533. The first-order chi connectivity index (χ1) is 2.39. The maximum absolute atomic E-state index is 4.00. The number of fused-ring (bicyclic) bond motifs is 1. The second-order valence-electron chi connectivity index (χ2n) is 0.998. The average Bonchev–Trinajstić information content (AvgIpc) is 2.11. The summed E-state index contributed by atoms with van der Waals surface area (Å²) in [6.07, 6.45) is 1.26. The van der Waals surface area contributed by atoms with Crippen LogP contribution < -0.4 is 0 Å². The van der Waals surface area contributed by atoms with E-state index in [2.05, 4.69) is 7.18 Å². The Kier molecular flexibility index (Phi) is 0.546. The zero-order valence-corrected chi connectivity index (χ0v) is 6.07. The van der Waals surface area contributed by atoms with E-state index < -0.39 is 0 Å². The van der Waals surface area contributed by atoms with Crippen LogP contribution in [0.1, 0.15) is 0 Å². The van der Waals surface area contributed by atoms with Crippen LogP contribution in [0.4, 0.5) is 0 Å². The van der Waals surface area contributed by atoms with Gasteiger partial charge in [0.25, 0.3) is 0 Å². The van der Waals surface area contributed by atoms with E-state index in [0.29, 0.717) is 6.39 Å². The van der Waals surface area contributed by atoms with Crippen LogP contribution in [0.15, 0.2) is 0 Å². The molecule has 2 heterocycles. The molecule has 0 radical (unpaired) electrons. The second-order valence-corrected chi connectivity index (χ2v) is 21.9. The van der Waals surface area contributed by atoms with Gasteiger partial charge in [-0.1, -0.05) is 0 Å². The van der Waals surface area contributed by atoms with Crippen molar-refractivity contribution in [3.8, 4) is 0 Å². The van der Waals surface area contributed by atoms with Gasteiger partial charge in [0, 0.05) is 0 Å². The van der Waals surface area contributed by atoms with Gasteiger partial charge < -0.3 is 0 Å². The Morgan fingerprint density at radius 3 is 2.00 bits per heavy atom. The molecule has 0 aromatic heterocycles. The first kappa shape index (κ1) is 3.40. The standard InChI is InChI=1S/BHP4/c1-3-4-2-5(3)4/h1H. The van der Waals surface area contributed by atoms with Crippen molar-refractivity contribution < 1.29 is 0 Å². The van der Waals surface area contributed by atoms with Gasteiger partial charge in [-0.3, -0.25) is 0 Å². The van der Waals surface area contributed by atoms with Gasteiger partial charge in [-0.2, -0.15) is 0 Å². The minimum atomic E-state index is 0.533. The molecule has 0 aliphatic carbocycles. The molecule has 0 saturated heterocycles. The van der Waals surface area contributed by atoms with Gasteiger partial charge in [0.2, 0.25) is 0 Å². The quantitative estimate of drug-likeness (QED) is 0.354. The van der Waals surface area contributed by atoms with E-state index in [1.807, 2.05) is 7.56 Å². The van der Waals surface area contributed by atoms with Crippen molar-refractivity contribution in [3.05, 3.63) is 0 Å². The average molecular weight is 136 g/mol.